The summed E-state index contributed by atoms with van der Waals surface area (Å²) in [6, 6.07) is 12.8. The van der Waals surface area contributed by atoms with Crippen molar-refractivity contribution in [2.75, 3.05) is 18.3 Å². The summed E-state index contributed by atoms with van der Waals surface area (Å²) >= 11 is 1.46. The highest BCUT2D eigenvalue weighted by Gasteiger charge is 2.05. The Hall–Kier alpha value is -3.19. The number of ether oxygens (including phenoxy) is 1. The molecule has 3 rings (SSSR count). The molecule has 0 bridgehead atoms. The first-order valence-electron chi connectivity index (χ1n) is 7.86. The maximum Gasteiger partial charge on any atom is 0.203 e. The van der Waals surface area contributed by atoms with E-state index in [-0.39, 0.29) is 5.78 Å². The molecule has 7 heteroatoms. The van der Waals surface area contributed by atoms with Crippen molar-refractivity contribution in [2.24, 2.45) is 5.10 Å². The monoisotopic (exact) mass is 366 g/mol. The lowest BCUT2D eigenvalue weighted by Crippen LogP contribution is -1.99. The first kappa shape index (κ1) is 17.6. The molecule has 0 amide bonds. The van der Waals surface area contributed by atoms with E-state index in [2.05, 4.69) is 15.5 Å². The molecule has 0 aliphatic heterocycles. The van der Waals surface area contributed by atoms with E-state index in [0.29, 0.717) is 16.4 Å². The summed E-state index contributed by atoms with van der Waals surface area (Å²) in [6.45, 7) is 1.51. The van der Waals surface area contributed by atoms with Crippen molar-refractivity contribution in [1.29, 1.82) is 0 Å². The Morgan fingerprint density at radius 2 is 2.04 bits per heavy atom. The Morgan fingerprint density at radius 1 is 1.27 bits per heavy atom. The summed E-state index contributed by atoms with van der Waals surface area (Å²) < 4.78 is 5.16. The van der Waals surface area contributed by atoms with Crippen LogP contribution in [0, 0.1) is 0 Å². The van der Waals surface area contributed by atoms with Gasteiger partial charge in [-0.2, -0.15) is 5.10 Å². The number of aromatic nitrogens is 1. The zero-order valence-electron chi connectivity index (χ0n) is 14.4. The minimum Gasteiger partial charge on any atom is -0.497 e. The first-order valence-corrected chi connectivity index (χ1v) is 8.74. The summed E-state index contributed by atoms with van der Waals surface area (Å²) in [5.74, 6) is 0.785. The summed E-state index contributed by atoms with van der Waals surface area (Å²) in [5, 5.41) is 6.80. The number of nitrogen functional groups attached to an aromatic ring is 1. The number of nitrogens with two attached hydrogens (primary N) is 1. The second-order valence-corrected chi connectivity index (χ2v) is 6.39. The van der Waals surface area contributed by atoms with Gasteiger partial charge in [0.05, 0.1) is 19.0 Å². The van der Waals surface area contributed by atoms with E-state index < -0.39 is 0 Å². The number of hydrogen-bond acceptors (Lipinski definition) is 7. The van der Waals surface area contributed by atoms with E-state index in [0.717, 1.165) is 22.6 Å². The van der Waals surface area contributed by atoms with E-state index >= 15 is 0 Å². The van der Waals surface area contributed by atoms with Gasteiger partial charge >= 0.3 is 0 Å². The van der Waals surface area contributed by atoms with Crippen LogP contribution < -0.4 is 15.9 Å². The molecule has 3 aromatic rings. The third kappa shape index (κ3) is 4.07. The van der Waals surface area contributed by atoms with Crippen molar-refractivity contribution in [2.45, 2.75) is 6.92 Å². The van der Waals surface area contributed by atoms with E-state index in [1.807, 2.05) is 29.6 Å². The average Bonchev–Trinajstić information content (AvgIpc) is 3.12. The van der Waals surface area contributed by atoms with Gasteiger partial charge in [-0.3, -0.25) is 10.2 Å². The minimum absolute atomic E-state index is 0.0211. The van der Waals surface area contributed by atoms with E-state index in [1.54, 1.807) is 31.5 Å². The summed E-state index contributed by atoms with van der Waals surface area (Å²) in [6.07, 6.45) is 1.60. The third-order valence-electron chi connectivity index (χ3n) is 3.75. The number of methoxy groups -OCH3 is 1. The topological polar surface area (TPSA) is 89.6 Å². The summed E-state index contributed by atoms with van der Waals surface area (Å²) in [5.41, 5.74) is 12.5. The fourth-order valence-electron chi connectivity index (χ4n) is 2.29. The molecule has 6 nitrogen and oxygen atoms in total. The van der Waals surface area contributed by atoms with Crippen molar-refractivity contribution in [1.82, 2.24) is 4.98 Å². The molecule has 2 aromatic carbocycles. The quantitative estimate of drug-likeness (QED) is 0.297. The van der Waals surface area contributed by atoms with Gasteiger partial charge in [0.15, 0.2) is 5.78 Å². The predicted molar refractivity (Wildman–Crippen MR) is 106 cm³/mol. The van der Waals surface area contributed by atoms with Crippen molar-refractivity contribution in [3.63, 3.8) is 0 Å². The lowest BCUT2D eigenvalue weighted by Gasteiger charge is -2.02. The number of benzene rings is 2. The van der Waals surface area contributed by atoms with Gasteiger partial charge in [-0.05, 0) is 37.3 Å². The molecule has 0 radical (unpaired) electrons. The molecule has 0 atom stereocenters. The van der Waals surface area contributed by atoms with Crippen LogP contribution in [0.5, 0.6) is 5.75 Å². The van der Waals surface area contributed by atoms with Gasteiger partial charge in [0.25, 0.3) is 0 Å². The number of nitrogens with zero attached hydrogens (tertiary/aromatic N) is 2. The van der Waals surface area contributed by atoms with Gasteiger partial charge in [-0.15, -0.1) is 11.3 Å². The molecule has 0 aliphatic carbocycles. The third-order valence-corrected chi connectivity index (χ3v) is 4.49. The number of anilines is 2. The van der Waals surface area contributed by atoms with Crippen LogP contribution in [0.2, 0.25) is 0 Å². The van der Waals surface area contributed by atoms with Gasteiger partial charge in [-0.1, -0.05) is 12.1 Å². The zero-order chi connectivity index (χ0) is 18.5. The molecule has 0 saturated heterocycles. The van der Waals surface area contributed by atoms with Crippen LogP contribution in [0.3, 0.4) is 0 Å². The van der Waals surface area contributed by atoms with Gasteiger partial charge in [-0.25, -0.2) is 4.98 Å². The van der Waals surface area contributed by atoms with Gasteiger partial charge < -0.3 is 10.5 Å². The van der Waals surface area contributed by atoms with Gasteiger partial charge in [0.1, 0.15) is 5.75 Å². The smallest absolute Gasteiger partial charge is 0.203 e. The van der Waals surface area contributed by atoms with Crippen molar-refractivity contribution >= 4 is 34.2 Å². The molecule has 0 unspecified atom stereocenters. The molecular formula is C19H18N4O2S. The number of thiazole rings is 1. The van der Waals surface area contributed by atoms with Crippen molar-refractivity contribution in [3.8, 4) is 17.0 Å². The Labute approximate surface area is 155 Å². The molecular weight excluding hydrogens is 348 g/mol. The molecule has 26 heavy (non-hydrogen) atoms. The maximum atomic E-state index is 11.3. The largest absolute Gasteiger partial charge is 0.497 e. The molecule has 0 aliphatic rings. The van der Waals surface area contributed by atoms with Crippen molar-refractivity contribution in [3.05, 3.63) is 59.0 Å². The number of ketones is 1. The van der Waals surface area contributed by atoms with E-state index in [9.17, 15) is 4.79 Å². The number of Topliss-reactive ketones (excluding diaryl/α,β-unsaturated/α-hetero) is 1. The Balaban J connectivity index is 1.67. The van der Waals surface area contributed by atoms with Gasteiger partial charge in [0, 0.05) is 27.8 Å². The fourth-order valence-corrected chi connectivity index (χ4v) is 2.96. The number of rotatable bonds is 6. The molecule has 132 valence electrons. The molecule has 0 spiro atoms. The number of carbonyl (C=O) groups is 1. The average molecular weight is 366 g/mol. The van der Waals surface area contributed by atoms with E-state index in [4.69, 9.17) is 10.5 Å². The second-order valence-electron chi connectivity index (χ2n) is 5.54. The minimum atomic E-state index is -0.0211. The highest BCUT2D eigenvalue weighted by molar-refractivity contribution is 7.14. The van der Waals surface area contributed by atoms with Crippen LogP contribution in [-0.2, 0) is 0 Å². The summed E-state index contributed by atoms with van der Waals surface area (Å²) in [7, 11) is 1.64. The van der Waals surface area contributed by atoms with E-state index in [1.165, 1.54) is 18.3 Å². The molecule has 0 fully saturated rings. The molecule has 0 saturated carbocycles. The van der Waals surface area contributed by atoms with Crippen LogP contribution in [0.4, 0.5) is 10.8 Å². The number of nitrogens with one attached hydrogen (secondary N) is 1. The highest BCUT2D eigenvalue weighted by Crippen LogP contribution is 2.26. The molecule has 1 aromatic heterocycles. The van der Waals surface area contributed by atoms with Crippen LogP contribution in [0.1, 0.15) is 22.8 Å². The van der Waals surface area contributed by atoms with Crippen molar-refractivity contribution < 1.29 is 9.53 Å². The van der Waals surface area contributed by atoms with Crippen LogP contribution >= 0.6 is 11.3 Å². The number of hydrazone groups is 1. The van der Waals surface area contributed by atoms with Crippen LogP contribution in [0.25, 0.3) is 11.3 Å². The molecule has 3 N–H and O–H groups in total. The fraction of sp³-hybridized carbons (Fsp3) is 0.105. The normalized spacial score (nSPS) is 10.8. The standard InChI is InChI=1S/C19H18N4O2S/c1-12(24)14-3-4-15(17(20)9-14)10-21-23-19-22-18(11-26-19)13-5-7-16(25-2)8-6-13/h3-11H,20H2,1-2H3,(H,22,23). The summed E-state index contributed by atoms with van der Waals surface area (Å²) in [4.78, 5) is 15.9. The molecule has 1 heterocycles. The van der Waals surface area contributed by atoms with Crippen LogP contribution in [-0.4, -0.2) is 24.1 Å². The lowest BCUT2D eigenvalue weighted by molar-refractivity contribution is 0.101. The first-order chi connectivity index (χ1) is 12.6. The van der Waals surface area contributed by atoms with Gasteiger partial charge in [0.2, 0.25) is 5.13 Å². The number of hydrogen-bond donors (Lipinski definition) is 2. The Morgan fingerprint density at radius 3 is 2.69 bits per heavy atom. The highest BCUT2D eigenvalue weighted by atomic mass is 32.1. The second kappa shape index (κ2) is 7.79. The Bertz CT molecular complexity index is 948. The zero-order valence-corrected chi connectivity index (χ0v) is 15.2. The predicted octanol–water partition coefficient (Wildman–Crippen LogP) is 4.05. The number of carbonyl (C=O) groups excluding carboxylic acids is 1. The lowest BCUT2D eigenvalue weighted by atomic mass is 10.1. The maximum absolute atomic E-state index is 11.3. The van der Waals surface area contributed by atoms with Crippen LogP contribution in [0.15, 0.2) is 52.9 Å². The Kier molecular flexibility index (Phi) is 5.28. The SMILES string of the molecule is COc1ccc(-c2csc(NN=Cc3ccc(C(C)=O)cc3N)n2)cc1.